The van der Waals surface area contributed by atoms with Gasteiger partial charge in [-0.2, -0.15) is 0 Å². The molecular weight excluding hydrogens is 362 g/mol. The van der Waals surface area contributed by atoms with Crippen molar-refractivity contribution in [1.82, 2.24) is 9.88 Å². The van der Waals surface area contributed by atoms with Crippen molar-refractivity contribution in [3.63, 3.8) is 0 Å². The number of amides is 1. The Hall–Kier alpha value is -2.11. The van der Waals surface area contributed by atoms with Crippen LogP contribution in [-0.4, -0.2) is 40.5 Å². The predicted octanol–water partition coefficient (Wildman–Crippen LogP) is 3.93. The molecule has 27 heavy (non-hydrogen) atoms. The SMILES string of the molecule is CC1CCN(C(=O)c2ccc(NCC(C)(O)c3cccc(Cl)c3)nc2)CC1. The molecule has 5 nitrogen and oxygen atoms in total. The average molecular weight is 388 g/mol. The number of hydrogen-bond acceptors (Lipinski definition) is 4. The molecule has 1 amide bonds. The van der Waals surface area contributed by atoms with Gasteiger partial charge < -0.3 is 15.3 Å². The Kier molecular flexibility index (Phi) is 6.02. The number of benzene rings is 1. The summed E-state index contributed by atoms with van der Waals surface area (Å²) >= 11 is 6.01. The van der Waals surface area contributed by atoms with Crippen LogP contribution in [0.15, 0.2) is 42.6 Å². The summed E-state index contributed by atoms with van der Waals surface area (Å²) in [5.41, 5.74) is 0.233. The van der Waals surface area contributed by atoms with Gasteiger partial charge in [-0.05, 0) is 55.5 Å². The normalized spacial score (nSPS) is 17.4. The number of anilines is 1. The molecule has 0 spiro atoms. The molecule has 0 bridgehead atoms. The second-order valence-electron chi connectivity index (χ2n) is 7.54. The van der Waals surface area contributed by atoms with E-state index in [1.54, 1.807) is 37.4 Å². The zero-order valence-corrected chi connectivity index (χ0v) is 16.5. The summed E-state index contributed by atoms with van der Waals surface area (Å²) < 4.78 is 0. The Labute approximate surface area is 165 Å². The van der Waals surface area contributed by atoms with Crippen molar-refractivity contribution in [2.45, 2.75) is 32.3 Å². The van der Waals surface area contributed by atoms with Crippen LogP contribution in [-0.2, 0) is 5.60 Å². The topological polar surface area (TPSA) is 65.5 Å². The van der Waals surface area contributed by atoms with Crippen LogP contribution in [0, 0.1) is 5.92 Å². The van der Waals surface area contributed by atoms with Gasteiger partial charge in [0.2, 0.25) is 0 Å². The highest BCUT2D eigenvalue weighted by Crippen LogP contribution is 2.24. The molecule has 3 rings (SSSR count). The van der Waals surface area contributed by atoms with E-state index >= 15 is 0 Å². The van der Waals surface area contributed by atoms with E-state index in [4.69, 9.17) is 11.6 Å². The van der Waals surface area contributed by atoms with Gasteiger partial charge in [0, 0.05) is 30.9 Å². The Balaban J connectivity index is 1.60. The lowest BCUT2D eigenvalue weighted by Crippen LogP contribution is -2.38. The summed E-state index contributed by atoms with van der Waals surface area (Å²) in [6, 6.07) is 10.7. The minimum absolute atomic E-state index is 0.0341. The maximum atomic E-state index is 12.6. The first kappa shape index (κ1) is 19.6. The van der Waals surface area contributed by atoms with E-state index in [2.05, 4.69) is 17.2 Å². The van der Waals surface area contributed by atoms with E-state index in [0.29, 0.717) is 22.3 Å². The number of aliphatic hydroxyl groups is 1. The van der Waals surface area contributed by atoms with Crippen molar-refractivity contribution in [3.8, 4) is 0 Å². The summed E-state index contributed by atoms with van der Waals surface area (Å²) in [6.45, 7) is 5.84. The van der Waals surface area contributed by atoms with Crippen molar-refractivity contribution in [2.75, 3.05) is 25.0 Å². The van der Waals surface area contributed by atoms with Gasteiger partial charge >= 0.3 is 0 Å². The molecule has 1 unspecified atom stereocenters. The number of rotatable bonds is 5. The van der Waals surface area contributed by atoms with E-state index in [-0.39, 0.29) is 12.5 Å². The number of piperidine rings is 1. The minimum Gasteiger partial charge on any atom is -0.384 e. The summed E-state index contributed by atoms with van der Waals surface area (Å²) in [7, 11) is 0. The zero-order valence-electron chi connectivity index (χ0n) is 15.8. The maximum absolute atomic E-state index is 12.6. The van der Waals surface area contributed by atoms with Gasteiger partial charge in [0.25, 0.3) is 5.91 Å². The van der Waals surface area contributed by atoms with Gasteiger partial charge in [0.1, 0.15) is 11.4 Å². The third-order valence-electron chi connectivity index (χ3n) is 5.14. The van der Waals surface area contributed by atoms with Gasteiger partial charge in [0.15, 0.2) is 0 Å². The van der Waals surface area contributed by atoms with E-state index in [9.17, 15) is 9.90 Å². The molecule has 2 heterocycles. The second kappa shape index (κ2) is 8.28. The van der Waals surface area contributed by atoms with E-state index < -0.39 is 5.60 Å². The fraction of sp³-hybridized carbons (Fsp3) is 0.429. The Morgan fingerprint density at radius 1 is 1.33 bits per heavy atom. The highest BCUT2D eigenvalue weighted by Gasteiger charge is 2.24. The van der Waals surface area contributed by atoms with Gasteiger partial charge in [-0.25, -0.2) is 4.98 Å². The van der Waals surface area contributed by atoms with Gasteiger partial charge in [-0.15, -0.1) is 0 Å². The average Bonchev–Trinajstić information content (AvgIpc) is 2.67. The molecule has 1 aliphatic heterocycles. The predicted molar refractivity (Wildman–Crippen MR) is 108 cm³/mol. The summed E-state index contributed by atoms with van der Waals surface area (Å²) in [5, 5.41) is 14.4. The third-order valence-corrected chi connectivity index (χ3v) is 5.38. The van der Waals surface area contributed by atoms with Crippen LogP contribution in [0.2, 0.25) is 5.02 Å². The van der Waals surface area contributed by atoms with Crippen LogP contribution in [0.1, 0.15) is 42.6 Å². The van der Waals surface area contributed by atoms with E-state index in [0.717, 1.165) is 31.5 Å². The number of hydrogen-bond donors (Lipinski definition) is 2. The number of carbonyl (C=O) groups is 1. The Morgan fingerprint density at radius 2 is 2.07 bits per heavy atom. The molecule has 0 saturated carbocycles. The van der Waals surface area contributed by atoms with E-state index in [1.165, 1.54) is 0 Å². The zero-order chi connectivity index (χ0) is 19.4. The van der Waals surface area contributed by atoms with Gasteiger partial charge in [0.05, 0.1) is 5.56 Å². The molecule has 6 heteroatoms. The summed E-state index contributed by atoms with van der Waals surface area (Å²) in [4.78, 5) is 18.8. The Morgan fingerprint density at radius 3 is 2.70 bits per heavy atom. The lowest BCUT2D eigenvalue weighted by Gasteiger charge is -2.30. The third kappa shape index (κ3) is 4.99. The van der Waals surface area contributed by atoms with Crippen molar-refractivity contribution in [1.29, 1.82) is 0 Å². The van der Waals surface area contributed by atoms with Crippen molar-refractivity contribution >= 4 is 23.3 Å². The largest absolute Gasteiger partial charge is 0.384 e. The lowest BCUT2D eigenvalue weighted by atomic mass is 9.96. The highest BCUT2D eigenvalue weighted by atomic mass is 35.5. The first-order valence-electron chi connectivity index (χ1n) is 9.33. The number of likely N-dealkylation sites (tertiary alicyclic amines) is 1. The van der Waals surface area contributed by atoms with Crippen LogP contribution in [0.5, 0.6) is 0 Å². The smallest absolute Gasteiger partial charge is 0.255 e. The number of aromatic nitrogens is 1. The molecule has 1 aromatic carbocycles. The molecule has 1 aromatic heterocycles. The summed E-state index contributed by atoms with van der Waals surface area (Å²) in [5.74, 6) is 1.33. The number of nitrogens with zero attached hydrogens (tertiary/aromatic N) is 2. The van der Waals surface area contributed by atoms with Gasteiger partial charge in [-0.3, -0.25) is 4.79 Å². The van der Waals surface area contributed by atoms with Crippen LogP contribution in [0.3, 0.4) is 0 Å². The number of halogens is 1. The van der Waals surface area contributed by atoms with E-state index in [1.807, 2.05) is 17.0 Å². The molecule has 2 aromatic rings. The molecule has 1 aliphatic rings. The van der Waals surface area contributed by atoms with Crippen LogP contribution >= 0.6 is 11.6 Å². The fourth-order valence-corrected chi connectivity index (χ4v) is 3.40. The molecule has 0 aliphatic carbocycles. The number of carbonyl (C=O) groups excluding carboxylic acids is 1. The van der Waals surface area contributed by atoms with Crippen molar-refractivity contribution in [2.24, 2.45) is 5.92 Å². The fourth-order valence-electron chi connectivity index (χ4n) is 3.21. The minimum atomic E-state index is -1.09. The quantitative estimate of drug-likeness (QED) is 0.815. The maximum Gasteiger partial charge on any atom is 0.255 e. The molecule has 144 valence electrons. The van der Waals surface area contributed by atoms with Crippen LogP contribution in [0.25, 0.3) is 0 Å². The van der Waals surface area contributed by atoms with Crippen LogP contribution in [0.4, 0.5) is 5.82 Å². The molecular formula is C21H26ClN3O2. The molecule has 0 radical (unpaired) electrons. The molecule has 1 saturated heterocycles. The second-order valence-corrected chi connectivity index (χ2v) is 7.98. The standard InChI is InChI=1S/C21H26ClN3O2/c1-15-8-10-25(11-9-15)20(26)16-6-7-19(23-13-16)24-14-21(2,27)17-4-3-5-18(22)12-17/h3-7,12-13,15,27H,8-11,14H2,1-2H3,(H,23,24). The van der Waals surface area contributed by atoms with Crippen molar-refractivity contribution < 1.29 is 9.90 Å². The summed E-state index contributed by atoms with van der Waals surface area (Å²) in [6.07, 6.45) is 3.70. The first-order valence-corrected chi connectivity index (χ1v) is 9.70. The van der Waals surface area contributed by atoms with Crippen molar-refractivity contribution in [3.05, 3.63) is 58.7 Å². The molecule has 1 fully saturated rings. The first-order chi connectivity index (χ1) is 12.8. The Bertz CT molecular complexity index is 784. The lowest BCUT2D eigenvalue weighted by molar-refractivity contribution is 0.0693. The molecule has 1 atom stereocenters. The van der Waals surface area contributed by atoms with Crippen LogP contribution < -0.4 is 5.32 Å². The molecule has 2 N–H and O–H groups in total. The van der Waals surface area contributed by atoms with Gasteiger partial charge in [-0.1, -0.05) is 30.7 Å². The highest BCUT2D eigenvalue weighted by molar-refractivity contribution is 6.30. The number of pyridine rings is 1. The number of nitrogens with one attached hydrogen (secondary N) is 1. The monoisotopic (exact) mass is 387 g/mol.